The van der Waals surface area contributed by atoms with Crippen LogP contribution in [0.15, 0.2) is 42.7 Å². The van der Waals surface area contributed by atoms with Gasteiger partial charge in [0, 0.05) is 31.9 Å². The van der Waals surface area contributed by atoms with E-state index in [1.165, 1.54) is 25.3 Å². The minimum Gasteiger partial charge on any atom is -0.465 e. The third-order valence-corrected chi connectivity index (χ3v) is 4.66. The van der Waals surface area contributed by atoms with Crippen molar-refractivity contribution in [2.75, 3.05) is 19.0 Å². The molecule has 1 fully saturated rings. The zero-order valence-electron chi connectivity index (χ0n) is 14.6. The van der Waals surface area contributed by atoms with Crippen molar-refractivity contribution >= 4 is 35.1 Å². The standard InChI is InChI=1S/C19H18ClN3O4/c1-27-19(26)13-4-5-15(20)16(7-13)22-18(25)14-8-17(24)23(11-14)10-12-3-2-6-21-9-12/h2-7,9,14H,8,10-11H2,1H3,(H,22,25). The van der Waals surface area contributed by atoms with Crippen molar-refractivity contribution in [2.45, 2.75) is 13.0 Å². The van der Waals surface area contributed by atoms with Crippen LogP contribution in [0.2, 0.25) is 5.02 Å². The topological polar surface area (TPSA) is 88.6 Å². The Hall–Kier alpha value is -2.93. The van der Waals surface area contributed by atoms with Gasteiger partial charge in [-0.1, -0.05) is 17.7 Å². The first-order chi connectivity index (χ1) is 13.0. The Kier molecular flexibility index (Phi) is 5.71. The molecule has 0 spiro atoms. The molecule has 0 bridgehead atoms. The molecule has 1 aromatic heterocycles. The number of rotatable bonds is 5. The van der Waals surface area contributed by atoms with Crippen LogP contribution in [0.1, 0.15) is 22.3 Å². The first-order valence-electron chi connectivity index (χ1n) is 8.33. The Morgan fingerprint density at radius 1 is 1.37 bits per heavy atom. The van der Waals surface area contributed by atoms with Gasteiger partial charge >= 0.3 is 5.97 Å². The number of nitrogens with zero attached hydrogens (tertiary/aromatic N) is 2. The number of ether oxygens (including phenoxy) is 1. The summed E-state index contributed by atoms with van der Waals surface area (Å²) in [6.45, 7) is 0.725. The Balaban J connectivity index is 1.67. The van der Waals surface area contributed by atoms with E-state index in [0.717, 1.165) is 5.56 Å². The smallest absolute Gasteiger partial charge is 0.337 e. The highest BCUT2D eigenvalue weighted by Crippen LogP contribution is 2.26. The summed E-state index contributed by atoms with van der Waals surface area (Å²) >= 11 is 6.11. The summed E-state index contributed by atoms with van der Waals surface area (Å²) in [4.78, 5) is 42.1. The van der Waals surface area contributed by atoms with Crippen LogP contribution in [-0.4, -0.2) is 41.3 Å². The van der Waals surface area contributed by atoms with E-state index in [2.05, 4.69) is 15.0 Å². The number of hydrogen-bond acceptors (Lipinski definition) is 5. The number of carbonyl (C=O) groups is 3. The third-order valence-electron chi connectivity index (χ3n) is 4.33. The average Bonchev–Trinajstić information content (AvgIpc) is 3.04. The second-order valence-corrected chi connectivity index (χ2v) is 6.62. The summed E-state index contributed by atoms with van der Waals surface area (Å²) in [5, 5.41) is 3.01. The number of amides is 2. The fourth-order valence-corrected chi connectivity index (χ4v) is 3.08. The van der Waals surface area contributed by atoms with Crippen LogP contribution in [0, 0.1) is 5.92 Å². The van der Waals surface area contributed by atoms with E-state index in [9.17, 15) is 14.4 Å². The van der Waals surface area contributed by atoms with Gasteiger partial charge in [-0.05, 0) is 29.8 Å². The molecule has 1 aliphatic rings. The lowest BCUT2D eigenvalue weighted by molar-refractivity contribution is -0.128. The number of esters is 1. The number of halogens is 1. The lowest BCUT2D eigenvalue weighted by Gasteiger charge is -2.16. The quantitative estimate of drug-likeness (QED) is 0.796. The van der Waals surface area contributed by atoms with Crippen LogP contribution in [0.5, 0.6) is 0 Å². The number of benzene rings is 1. The second kappa shape index (κ2) is 8.18. The first kappa shape index (κ1) is 18.8. The highest BCUT2D eigenvalue weighted by Gasteiger charge is 2.34. The summed E-state index contributed by atoms with van der Waals surface area (Å²) in [6.07, 6.45) is 3.48. The van der Waals surface area contributed by atoms with Crippen molar-refractivity contribution in [1.82, 2.24) is 9.88 Å². The molecule has 0 radical (unpaired) electrons. The maximum Gasteiger partial charge on any atom is 0.337 e. The Morgan fingerprint density at radius 2 is 2.19 bits per heavy atom. The molecule has 3 rings (SSSR count). The van der Waals surface area contributed by atoms with Crippen LogP contribution in [0.25, 0.3) is 0 Å². The summed E-state index contributed by atoms with van der Waals surface area (Å²) in [7, 11) is 1.27. The lowest BCUT2D eigenvalue weighted by atomic mass is 10.1. The van der Waals surface area contributed by atoms with Gasteiger partial charge in [0.25, 0.3) is 0 Å². The number of carbonyl (C=O) groups excluding carboxylic acids is 3. The molecule has 8 heteroatoms. The molecule has 1 aliphatic heterocycles. The van der Waals surface area contributed by atoms with Crippen LogP contribution in [0.3, 0.4) is 0 Å². The molecule has 1 atom stereocenters. The van der Waals surface area contributed by atoms with Gasteiger partial charge in [-0.2, -0.15) is 0 Å². The van der Waals surface area contributed by atoms with Crippen molar-refractivity contribution < 1.29 is 19.1 Å². The number of anilines is 1. The van der Waals surface area contributed by atoms with Crippen molar-refractivity contribution in [3.8, 4) is 0 Å². The van der Waals surface area contributed by atoms with Crippen LogP contribution in [-0.2, 0) is 20.9 Å². The van der Waals surface area contributed by atoms with Crippen molar-refractivity contribution in [2.24, 2.45) is 5.92 Å². The largest absolute Gasteiger partial charge is 0.465 e. The second-order valence-electron chi connectivity index (χ2n) is 6.21. The maximum atomic E-state index is 12.6. The Bertz CT molecular complexity index is 873. The number of hydrogen-bond donors (Lipinski definition) is 1. The summed E-state index contributed by atoms with van der Waals surface area (Å²) in [5.41, 5.74) is 1.49. The SMILES string of the molecule is COC(=O)c1ccc(Cl)c(NC(=O)C2CC(=O)N(Cc3cccnc3)C2)c1. The summed E-state index contributed by atoms with van der Waals surface area (Å²) in [5.74, 6) is -1.43. The van der Waals surface area contributed by atoms with Crippen LogP contribution in [0.4, 0.5) is 5.69 Å². The molecule has 2 aromatic rings. The number of pyridine rings is 1. The van der Waals surface area contributed by atoms with E-state index in [1.54, 1.807) is 23.4 Å². The number of aromatic nitrogens is 1. The average molecular weight is 388 g/mol. The first-order valence-corrected chi connectivity index (χ1v) is 8.71. The third kappa shape index (κ3) is 4.43. The fourth-order valence-electron chi connectivity index (χ4n) is 2.91. The molecule has 1 N–H and O–H groups in total. The molecule has 2 heterocycles. The normalized spacial score (nSPS) is 16.3. The van der Waals surface area contributed by atoms with Gasteiger partial charge < -0.3 is 15.0 Å². The van der Waals surface area contributed by atoms with Gasteiger partial charge in [-0.15, -0.1) is 0 Å². The molecule has 140 valence electrons. The zero-order valence-corrected chi connectivity index (χ0v) is 15.4. The molecule has 1 saturated heterocycles. The van der Waals surface area contributed by atoms with Gasteiger partial charge in [-0.25, -0.2) is 4.79 Å². The van der Waals surface area contributed by atoms with Gasteiger partial charge in [0.15, 0.2) is 0 Å². The highest BCUT2D eigenvalue weighted by molar-refractivity contribution is 6.33. The summed E-state index contributed by atoms with van der Waals surface area (Å²) in [6, 6.07) is 8.16. The molecule has 27 heavy (non-hydrogen) atoms. The predicted molar refractivity (Wildman–Crippen MR) is 99.2 cm³/mol. The number of methoxy groups -OCH3 is 1. The van der Waals surface area contributed by atoms with E-state index in [4.69, 9.17) is 11.6 Å². The van der Waals surface area contributed by atoms with E-state index in [0.29, 0.717) is 23.8 Å². The van der Waals surface area contributed by atoms with Crippen molar-refractivity contribution in [1.29, 1.82) is 0 Å². The maximum absolute atomic E-state index is 12.6. The van der Waals surface area contributed by atoms with Gasteiger partial charge in [0.05, 0.1) is 29.3 Å². The minimum absolute atomic E-state index is 0.0894. The summed E-state index contributed by atoms with van der Waals surface area (Å²) < 4.78 is 4.67. The Labute approximate surface area is 161 Å². The van der Waals surface area contributed by atoms with Crippen molar-refractivity contribution in [3.63, 3.8) is 0 Å². The molecule has 0 aliphatic carbocycles. The van der Waals surface area contributed by atoms with Gasteiger partial charge in [0.2, 0.25) is 11.8 Å². The zero-order chi connectivity index (χ0) is 19.4. The van der Waals surface area contributed by atoms with E-state index >= 15 is 0 Å². The molecule has 1 unspecified atom stereocenters. The molecule has 7 nitrogen and oxygen atoms in total. The van der Waals surface area contributed by atoms with Gasteiger partial charge in [-0.3, -0.25) is 14.6 Å². The fraction of sp³-hybridized carbons (Fsp3) is 0.263. The number of nitrogens with one attached hydrogen (secondary N) is 1. The van der Waals surface area contributed by atoms with Crippen LogP contribution >= 0.6 is 11.6 Å². The van der Waals surface area contributed by atoms with Gasteiger partial charge in [0.1, 0.15) is 0 Å². The van der Waals surface area contributed by atoms with Crippen LogP contribution < -0.4 is 5.32 Å². The van der Waals surface area contributed by atoms with E-state index < -0.39 is 11.9 Å². The Morgan fingerprint density at radius 3 is 2.89 bits per heavy atom. The molecular formula is C19H18ClN3O4. The predicted octanol–water partition coefficient (Wildman–Crippen LogP) is 2.51. The molecular weight excluding hydrogens is 370 g/mol. The lowest BCUT2D eigenvalue weighted by Crippen LogP contribution is -2.28. The van der Waals surface area contributed by atoms with E-state index in [-0.39, 0.29) is 23.8 Å². The minimum atomic E-state index is -0.527. The highest BCUT2D eigenvalue weighted by atomic mass is 35.5. The van der Waals surface area contributed by atoms with E-state index in [1.807, 2.05) is 6.07 Å². The molecule has 1 aromatic carbocycles. The van der Waals surface area contributed by atoms with Crippen molar-refractivity contribution in [3.05, 3.63) is 58.9 Å². The number of likely N-dealkylation sites (tertiary alicyclic amines) is 1. The monoisotopic (exact) mass is 387 g/mol. The molecule has 2 amide bonds. The molecule has 0 saturated carbocycles.